The second-order valence-corrected chi connectivity index (χ2v) is 8.16. The van der Waals surface area contributed by atoms with Gasteiger partial charge in [-0.2, -0.15) is 5.10 Å². The summed E-state index contributed by atoms with van der Waals surface area (Å²) in [7, 11) is 3.72. The van der Waals surface area contributed by atoms with Crippen LogP contribution in [0.4, 0.5) is 0 Å². The number of aryl methyl sites for hydroxylation is 1. The Balaban J connectivity index is 1.95. The molecule has 3 atom stereocenters. The largest absolute Gasteiger partial charge is 0.380 e. The van der Waals surface area contributed by atoms with Gasteiger partial charge in [-0.1, -0.05) is 52.9 Å². The number of ether oxygens (including phenoxy) is 2. The minimum Gasteiger partial charge on any atom is -0.380 e. The fourth-order valence-corrected chi connectivity index (χ4v) is 4.10. The van der Waals surface area contributed by atoms with Crippen LogP contribution in [0.15, 0.2) is 6.33 Å². The lowest BCUT2D eigenvalue weighted by Crippen LogP contribution is -2.47. The van der Waals surface area contributed by atoms with E-state index in [2.05, 4.69) is 30.9 Å². The van der Waals surface area contributed by atoms with Crippen molar-refractivity contribution >= 4 is 0 Å². The summed E-state index contributed by atoms with van der Waals surface area (Å²) in [6.45, 7) is 7.64. The molecular formula is C20H37N3O2. The van der Waals surface area contributed by atoms with Crippen molar-refractivity contribution < 1.29 is 9.47 Å². The fraction of sp³-hybridized carbons (Fsp3) is 0.900. The summed E-state index contributed by atoms with van der Waals surface area (Å²) in [4.78, 5) is 4.52. The van der Waals surface area contributed by atoms with Gasteiger partial charge in [-0.15, -0.1) is 0 Å². The number of methoxy groups -OCH3 is 1. The fourth-order valence-electron chi connectivity index (χ4n) is 4.10. The van der Waals surface area contributed by atoms with Crippen LogP contribution in [0.2, 0.25) is 0 Å². The van der Waals surface area contributed by atoms with Crippen LogP contribution in [0.1, 0.15) is 83.9 Å². The van der Waals surface area contributed by atoms with E-state index in [0.29, 0.717) is 0 Å². The molecule has 1 aliphatic carbocycles. The quantitative estimate of drug-likeness (QED) is 0.583. The van der Waals surface area contributed by atoms with Gasteiger partial charge in [-0.25, -0.2) is 4.98 Å². The number of hydrogen-bond donors (Lipinski definition) is 0. The van der Waals surface area contributed by atoms with Crippen LogP contribution in [0.3, 0.4) is 0 Å². The smallest absolute Gasteiger partial charge is 0.158 e. The third-order valence-corrected chi connectivity index (χ3v) is 5.57. The highest BCUT2D eigenvalue weighted by molar-refractivity contribution is 5.09. The van der Waals surface area contributed by atoms with Crippen molar-refractivity contribution in [2.75, 3.05) is 13.7 Å². The molecule has 5 heteroatoms. The zero-order valence-corrected chi connectivity index (χ0v) is 16.8. The summed E-state index contributed by atoms with van der Waals surface area (Å²) in [5.74, 6) is 0.963. The maximum atomic E-state index is 6.32. The number of hydrogen-bond acceptors (Lipinski definition) is 4. The first-order valence-corrected chi connectivity index (χ1v) is 9.99. The lowest BCUT2D eigenvalue weighted by Gasteiger charge is -2.45. The summed E-state index contributed by atoms with van der Waals surface area (Å²) >= 11 is 0. The number of aromatic nitrogens is 3. The van der Waals surface area contributed by atoms with E-state index in [1.165, 1.54) is 32.1 Å². The van der Waals surface area contributed by atoms with Gasteiger partial charge in [0.25, 0.3) is 0 Å². The second kappa shape index (κ2) is 9.67. The molecule has 0 radical (unpaired) electrons. The SMILES string of the molecule is CCCCCCCCO[C@@H]1CCC(C)(C)[C@H](OC)[C@@H]1c1ncn(C)n1. The van der Waals surface area contributed by atoms with E-state index in [1.54, 1.807) is 18.1 Å². The molecule has 1 heterocycles. The van der Waals surface area contributed by atoms with E-state index >= 15 is 0 Å². The molecule has 1 aromatic heterocycles. The van der Waals surface area contributed by atoms with Gasteiger partial charge in [0, 0.05) is 20.8 Å². The van der Waals surface area contributed by atoms with Crippen LogP contribution in [0.5, 0.6) is 0 Å². The molecule has 0 saturated heterocycles. The molecule has 0 aromatic carbocycles. The van der Waals surface area contributed by atoms with Crippen molar-refractivity contribution in [3.05, 3.63) is 12.2 Å². The molecule has 1 aliphatic rings. The highest BCUT2D eigenvalue weighted by atomic mass is 16.5. The molecule has 0 bridgehead atoms. The van der Waals surface area contributed by atoms with Gasteiger partial charge < -0.3 is 9.47 Å². The lowest BCUT2D eigenvalue weighted by atomic mass is 9.68. The summed E-state index contributed by atoms with van der Waals surface area (Å²) in [6, 6.07) is 0. The van der Waals surface area contributed by atoms with Crippen molar-refractivity contribution in [1.29, 1.82) is 0 Å². The Morgan fingerprint density at radius 3 is 2.56 bits per heavy atom. The van der Waals surface area contributed by atoms with Crippen LogP contribution in [0.25, 0.3) is 0 Å². The Bertz CT molecular complexity index is 501. The van der Waals surface area contributed by atoms with Crippen LogP contribution in [-0.4, -0.2) is 40.7 Å². The molecule has 25 heavy (non-hydrogen) atoms. The first-order chi connectivity index (χ1) is 12.0. The second-order valence-electron chi connectivity index (χ2n) is 8.16. The third kappa shape index (κ3) is 5.52. The summed E-state index contributed by atoms with van der Waals surface area (Å²) in [5.41, 5.74) is 0.110. The van der Waals surface area contributed by atoms with E-state index in [4.69, 9.17) is 9.47 Å². The molecule has 1 fully saturated rings. The predicted molar refractivity (Wildman–Crippen MR) is 101 cm³/mol. The molecule has 0 amide bonds. The molecule has 0 N–H and O–H groups in total. The van der Waals surface area contributed by atoms with Gasteiger partial charge >= 0.3 is 0 Å². The zero-order chi connectivity index (χ0) is 18.3. The molecular weight excluding hydrogens is 314 g/mol. The maximum absolute atomic E-state index is 6.32. The predicted octanol–water partition coefficient (Wildman–Crippen LogP) is 4.48. The van der Waals surface area contributed by atoms with Crippen molar-refractivity contribution in [1.82, 2.24) is 14.8 Å². The van der Waals surface area contributed by atoms with Crippen LogP contribution < -0.4 is 0 Å². The molecule has 0 aliphatic heterocycles. The van der Waals surface area contributed by atoms with E-state index in [9.17, 15) is 0 Å². The van der Waals surface area contributed by atoms with E-state index in [-0.39, 0.29) is 23.5 Å². The van der Waals surface area contributed by atoms with Crippen LogP contribution >= 0.6 is 0 Å². The minimum atomic E-state index is 0.0817. The first kappa shape index (κ1) is 20.4. The van der Waals surface area contributed by atoms with Crippen molar-refractivity contribution in [2.45, 2.75) is 90.3 Å². The van der Waals surface area contributed by atoms with Gasteiger partial charge in [-0.3, -0.25) is 4.68 Å². The maximum Gasteiger partial charge on any atom is 0.158 e. The normalized spacial score (nSPS) is 26.0. The number of rotatable bonds is 10. The Morgan fingerprint density at radius 2 is 1.92 bits per heavy atom. The minimum absolute atomic E-state index is 0.0817. The Labute approximate surface area is 153 Å². The van der Waals surface area contributed by atoms with E-state index in [1.807, 2.05) is 7.05 Å². The Morgan fingerprint density at radius 1 is 1.20 bits per heavy atom. The van der Waals surface area contributed by atoms with Crippen LogP contribution in [0, 0.1) is 5.41 Å². The molecule has 1 aromatic rings. The molecule has 0 spiro atoms. The number of unbranched alkanes of at least 4 members (excludes halogenated alkanes) is 5. The standard InChI is InChI=1S/C20H37N3O2/c1-6-7-8-9-10-11-14-25-16-12-13-20(2,3)18(24-5)17(16)19-21-15-23(4)22-19/h15-18H,6-14H2,1-5H3/t16-,17-,18-/m1/s1. The van der Waals surface area contributed by atoms with E-state index < -0.39 is 0 Å². The third-order valence-electron chi connectivity index (χ3n) is 5.57. The summed E-state index contributed by atoms with van der Waals surface area (Å²) in [5, 5.41) is 4.57. The van der Waals surface area contributed by atoms with Gasteiger partial charge in [0.05, 0.1) is 18.1 Å². The first-order valence-electron chi connectivity index (χ1n) is 9.99. The van der Waals surface area contributed by atoms with Crippen LogP contribution in [-0.2, 0) is 16.5 Å². The summed E-state index contributed by atoms with van der Waals surface area (Å²) in [6.07, 6.45) is 11.9. The highest BCUT2D eigenvalue weighted by Gasteiger charge is 2.47. The number of nitrogens with zero attached hydrogens (tertiary/aromatic N) is 3. The topological polar surface area (TPSA) is 49.2 Å². The molecule has 144 valence electrons. The Kier molecular flexibility index (Phi) is 7.88. The van der Waals surface area contributed by atoms with Crippen molar-refractivity contribution in [3.63, 3.8) is 0 Å². The average molecular weight is 352 g/mol. The average Bonchev–Trinajstić information content (AvgIpc) is 3.00. The Hall–Kier alpha value is -0.940. The molecule has 0 unspecified atom stereocenters. The molecule has 2 rings (SSSR count). The van der Waals surface area contributed by atoms with Gasteiger partial charge in [0.2, 0.25) is 0 Å². The van der Waals surface area contributed by atoms with Crippen molar-refractivity contribution in [3.8, 4) is 0 Å². The highest BCUT2D eigenvalue weighted by Crippen LogP contribution is 2.45. The van der Waals surface area contributed by atoms with Gasteiger partial charge in [0.15, 0.2) is 5.82 Å². The lowest BCUT2D eigenvalue weighted by molar-refractivity contribution is -0.106. The van der Waals surface area contributed by atoms with Gasteiger partial charge in [0.1, 0.15) is 6.33 Å². The molecule has 1 saturated carbocycles. The molecule has 5 nitrogen and oxygen atoms in total. The van der Waals surface area contributed by atoms with Gasteiger partial charge in [-0.05, 0) is 24.7 Å². The van der Waals surface area contributed by atoms with E-state index in [0.717, 1.165) is 31.7 Å². The zero-order valence-electron chi connectivity index (χ0n) is 16.8. The van der Waals surface area contributed by atoms with Crippen molar-refractivity contribution in [2.24, 2.45) is 12.5 Å². The summed E-state index contributed by atoms with van der Waals surface area (Å²) < 4.78 is 14.0. The monoisotopic (exact) mass is 351 g/mol.